The molecule has 0 aromatic heterocycles. The fourth-order valence-corrected chi connectivity index (χ4v) is 5.80. The van der Waals surface area contributed by atoms with Crippen LogP contribution in [-0.2, 0) is 35.1 Å². The molecule has 1 N–H and O–H groups in total. The Hall–Kier alpha value is -3.33. The monoisotopic (exact) mass is 599 g/mol. The van der Waals surface area contributed by atoms with E-state index in [-0.39, 0.29) is 31.1 Å². The van der Waals surface area contributed by atoms with Crippen molar-refractivity contribution in [1.29, 1.82) is 0 Å². The van der Waals surface area contributed by atoms with E-state index in [1.165, 1.54) is 6.08 Å². The van der Waals surface area contributed by atoms with Crippen molar-refractivity contribution in [2.75, 3.05) is 6.61 Å². The lowest BCUT2D eigenvalue weighted by atomic mass is 9.85. The highest BCUT2D eigenvalue weighted by Gasteiger charge is 2.54. The van der Waals surface area contributed by atoms with E-state index in [1.807, 2.05) is 19.9 Å². The molecule has 1 aromatic rings. The Bertz CT molecular complexity index is 1110. The van der Waals surface area contributed by atoms with Crippen LogP contribution in [0.2, 0.25) is 0 Å². The van der Waals surface area contributed by atoms with E-state index in [0.29, 0.717) is 12.0 Å². The summed E-state index contributed by atoms with van der Waals surface area (Å²) in [5.41, 5.74) is -0.238. The van der Waals surface area contributed by atoms with Gasteiger partial charge in [0.25, 0.3) is 0 Å². The predicted molar refractivity (Wildman–Crippen MR) is 163 cm³/mol. The molecule has 9 heteroatoms. The first kappa shape index (κ1) is 35.9. The quantitative estimate of drug-likeness (QED) is 0.121. The van der Waals surface area contributed by atoms with E-state index in [0.717, 1.165) is 62.8 Å². The Kier molecular flexibility index (Phi) is 14.8. The third-order valence-electron chi connectivity index (χ3n) is 7.73. The number of esters is 1. The van der Waals surface area contributed by atoms with Crippen molar-refractivity contribution in [3.63, 3.8) is 0 Å². The van der Waals surface area contributed by atoms with E-state index in [4.69, 9.17) is 14.6 Å². The second-order valence-corrected chi connectivity index (χ2v) is 12.2. The van der Waals surface area contributed by atoms with Gasteiger partial charge in [-0.25, -0.2) is 9.69 Å². The number of amides is 2. The maximum atomic E-state index is 14.1. The van der Waals surface area contributed by atoms with Crippen LogP contribution < -0.4 is 0 Å². The summed E-state index contributed by atoms with van der Waals surface area (Å²) in [6, 6.07) is 8.38. The highest BCUT2D eigenvalue weighted by molar-refractivity contribution is 6.05. The summed E-state index contributed by atoms with van der Waals surface area (Å²) in [6.07, 6.45) is 7.97. The second kappa shape index (κ2) is 17.7. The smallest absolute Gasteiger partial charge is 0.417 e. The first-order chi connectivity index (χ1) is 20.4. The molecular formula is C34H49NO8. The molecule has 43 heavy (non-hydrogen) atoms. The summed E-state index contributed by atoms with van der Waals surface area (Å²) in [5, 5.41) is 8.83. The summed E-state index contributed by atoms with van der Waals surface area (Å²) in [4.78, 5) is 66.3. The van der Waals surface area contributed by atoms with Crippen LogP contribution in [0.1, 0.15) is 98.0 Å². The van der Waals surface area contributed by atoms with Crippen molar-refractivity contribution in [1.82, 2.24) is 4.90 Å². The zero-order valence-electron chi connectivity index (χ0n) is 26.4. The number of hydrogen-bond donors (Lipinski definition) is 1. The molecule has 2 rings (SSSR count). The largest absolute Gasteiger partial charge is 0.453 e. The van der Waals surface area contributed by atoms with Gasteiger partial charge in [-0.3, -0.25) is 19.2 Å². The van der Waals surface area contributed by atoms with Gasteiger partial charge in [0.05, 0.1) is 12.0 Å². The van der Waals surface area contributed by atoms with Crippen molar-refractivity contribution in [2.24, 2.45) is 11.8 Å². The second-order valence-electron chi connectivity index (χ2n) is 12.2. The van der Waals surface area contributed by atoms with Gasteiger partial charge in [-0.2, -0.15) is 0 Å². The maximum Gasteiger partial charge on any atom is 0.417 e. The van der Waals surface area contributed by atoms with Crippen molar-refractivity contribution < 1.29 is 38.6 Å². The molecule has 0 spiro atoms. The van der Waals surface area contributed by atoms with Gasteiger partial charge < -0.3 is 14.6 Å². The molecule has 3 atom stereocenters. The summed E-state index contributed by atoms with van der Waals surface area (Å²) >= 11 is 0. The number of carbonyl (C=O) groups excluding carboxylic acids is 5. The number of ketones is 2. The lowest BCUT2D eigenvalue weighted by Gasteiger charge is -2.34. The molecule has 1 saturated heterocycles. The summed E-state index contributed by atoms with van der Waals surface area (Å²) in [6.45, 7) is 8.60. The van der Waals surface area contributed by atoms with Crippen LogP contribution in [0.4, 0.5) is 4.79 Å². The minimum absolute atomic E-state index is 0.0279. The number of nitrogens with zero attached hydrogens (tertiary/aromatic N) is 1. The van der Waals surface area contributed by atoms with Gasteiger partial charge in [-0.15, -0.1) is 0 Å². The summed E-state index contributed by atoms with van der Waals surface area (Å²) in [7, 11) is 0. The third kappa shape index (κ3) is 11.4. The summed E-state index contributed by atoms with van der Waals surface area (Å²) in [5.74, 6) is -3.73. The standard InChI is InChI=1S/C34H49NO8/c1-24(2)31-34(4,5)43-33(41)35(31)32(40)28(23-26-17-13-12-14-18-26)30(42-25(3)37)29(39)21-20-27(38)19-15-10-8-6-7-9-11-16-22-36/h12-14,17-18,20-21,24,28,30-31,36H,6-11,15-16,19,22-23H2,1-5H3. The zero-order valence-corrected chi connectivity index (χ0v) is 26.4. The van der Waals surface area contributed by atoms with Gasteiger partial charge in [0.2, 0.25) is 5.91 Å². The Morgan fingerprint density at radius 2 is 1.53 bits per heavy atom. The summed E-state index contributed by atoms with van der Waals surface area (Å²) < 4.78 is 11.0. The van der Waals surface area contributed by atoms with Crippen molar-refractivity contribution in [2.45, 2.75) is 117 Å². The highest BCUT2D eigenvalue weighted by Crippen LogP contribution is 2.36. The van der Waals surface area contributed by atoms with E-state index < -0.39 is 47.4 Å². The topological polar surface area (TPSA) is 127 Å². The first-order valence-electron chi connectivity index (χ1n) is 15.5. The molecule has 1 aliphatic heterocycles. The number of hydrogen-bond acceptors (Lipinski definition) is 8. The van der Waals surface area contributed by atoms with Crippen molar-refractivity contribution >= 4 is 29.5 Å². The Labute approximate surface area is 256 Å². The van der Waals surface area contributed by atoms with Gasteiger partial charge >= 0.3 is 12.1 Å². The maximum absolute atomic E-state index is 14.1. The SMILES string of the molecule is CC(=O)OC(C(=O)C=CC(=O)CCCCCCCCCCO)C(Cc1ccccc1)C(=O)N1C(=O)OC(C)(C)C1C(C)C. The average Bonchev–Trinajstić information content (AvgIpc) is 3.20. The Morgan fingerprint density at radius 3 is 2.09 bits per heavy atom. The first-order valence-corrected chi connectivity index (χ1v) is 15.5. The van der Waals surface area contributed by atoms with Gasteiger partial charge in [0, 0.05) is 20.0 Å². The van der Waals surface area contributed by atoms with E-state index in [2.05, 4.69) is 0 Å². The third-order valence-corrected chi connectivity index (χ3v) is 7.73. The number of carbonyl (C=O) groups is 5. The van der Waals surface area contributed by atoms with Crippen LogP contribution in [0.15, 0.2) is 42.5 Å². The number of rotatable bonds is 19. The number of aliphatic hydroxyl groups excluding tert-OH is 1. The van der Waals surface area contributed by atoms with Crippen LogP contribution in [-0.4, -0.2) is 63.9 Å². The molecule has 1 aromatic carbocycles. The fourth-order valence-electron chi connectivity index (χ4n) is 5.80. The van der Waals surface area contributed by atoms with Crippen LogP contribution in [0.5, 0.6) is 0 Å². The Morgan fingerprint density at radius 1 is 0.953 bits per heavy atom. The molecule has 0 saturated carbocycles. The van der Waals surface area contributed by atoms with Crippen LogP contribution in [0.25, 0.3) is 0 Å². The fraction of sp³-hybridized carbons (Fsp3) is 0.618. The van der Waals surface area contributed by atoms with Gasteiger partial charge in [0.15, 0.2) is 17.7 Å². The van der Waals surface area contributed by atoms with Crippen molar-refractivity contribution in [3.05, 3.63) is 48.0 Å². The van der Waals surface area contributed by atoms with Gasteiger partial charge in [-0.1, -0.05) is 82.7 Å². The van der Waals surface area contributed by atoms with E-state index >= 15 is 0 Å². The number of benzene rings is 1. The molecular weight excluding hydrogens is 550 g/mol. The average molecular weight is 600 g/mol. The molecule has 1 aliphatic rings. The molecule has 0 bridgehead atoms. The lowest BCUT2D eigenvalue weighted by Crippen LogP contribution is -2.53. The van der Waals surface area contributed by atoms with E-state index in [1.54, 1.807) is 38.1 Å². The number of unbranched alkanes of at least 4 members (excludes halogenated alkanes) is 7. The molecule has 238 valence electrons. The number of cyclic esters (lactones) is 1. The van der Waals surface area contributed by atoms with Crippen LogP contribution in [0, 0.1) is 11.8 Å². The minimum atomic E-state index is -1.54. The van der Waals surface area contributed by atoms with Gasteiger partial charge in [-0.05, 0) is 56.7 Å². The molecule has 1 heterocycles. The molecule has 2 amide bonds. The van der Waals surface area contributed by atoms with Crippen LogP contribution in [0.3, 0.4) is 0 Å². The molecule has 0 aliphatic carbocycles. The predicted octanol–water partition coefficient (Wildman–Crippen LogP) is 5.76. The lowest BCUT2D eigenvalue weighted by molar-refractivity contribution is -0.159. The number of aliphatic hydroxyl groups is 1. The Balaban J connectivity index is 2.19. The van der Waals surface area contributed by atoms with Gasteiger partial charge in [0.1, 0.15) is 5.60 Å². The van der Waals surface area contributed by atoms with Crippen LogP contribution >= 0.6 is 0 Å². The van der Waals surface area contributed by atoms with Crippen molar-refractivity contribution in [3.8, 4) is 0 Å². The normalized spacial score (nSPS) is 17.6. The molecule has 0 radical (unpaired) electrons. The number of ether oxygens (including phenoxy) is 2. The highest BCUT2D eigenvalue weighted by atomic mass is 16.6. The van der Waals surface area contributed by atoms with E-state index in [9.17, 15) is 24.0 Å². The minimum Gasteiger partial charge on any atom is -0.453 e. The zero-order chi connectivity index (χ0) is 32.0. The molecule has 1 fully saturated rings. The number of imide groups is 1. The number of allylic oxidation sites excluding steroid dienone is 1. The molecule has 9 nitrogen and oxygen atoms in total. The molecule has 3 unspecified atom stereocenters.